The van der Waals surface area contributed by atoms with Crippen molar-refractivity contribution >= 4 is 40.1 Å². The highest BCUT2D eigenvalue weighted by Crippen LogP contribution is 2.29. The molecule has 2 heterocycles. The first-order valence-electron chi connectivity index (χ1n) is 9.40. The van der Waals surface area contributed by atoms with Crippen molar-refractivity contribution in [2.45, 2.75) is 55.3 Å². The van der Waals surface area contributed by atoms with Crippen molar-refractivity contribution in [1.82, 2.24) is 20.9 Å². The van der Waals surface area contributed by atoms with Gasteiger partial charge in [-0.1, -0.05) is 29.2 Å². The van der Waals surface area contributed by atoms with E-state index >= 15 is 0 Å². The Balaban J connectivity index is 1.62. The summed E-state index contributed by atoms with van der Waals surface area (Å²) in [4.78, 5) is 26.2. The number of alkyl halides is 1. The van der Waals surface area contributed by atoms with E-state index in [-0.39, 0.29) is 34.4 Å². The van der Waals surface area contributed by atoms with Crippen molar-refractivity contribution in [3.63, 3.8) is 0 Å². The highest BCUT2D eigenvalue weighted by Gasteiger charge is 2.31. The molecule has 1 fully saturated rings. The van der Waals surface area contributed by atoms with E-state index in [4.69, 9.17) is 5.73 Å². The lowest BCUT2D eigenvalue weighted by atomic mass is 10.1. The number of anilines is 1. The predicted octanol–water partition coefficient (Wildman–Crippen LogP) is 1.40. The maximum Gasteiger partial charge on any atom is 0.254 e. The van der Waals surface area contributed by atoms with E-state index in [0.29, 0.717) is 19.4 Å². The number of rotatable bonds is 7. The zero-order valence-corrected chi connectivity index (χ0v) is 18.0. The molecule has 2 aliphatic rings. The van der Waals surface area contributed by atoms with Crippen LogP contribution in [0.15, 0.2) is 31.0 Å². The van der Waals surface area contributed by atoms with Gasteiger partial charge < -0.3 is 21.3 Å². The average Bonchev–Trinajstić information content (AvgIpc) is 2.95. The van der Waals surface area contributed by atoms with Crippen LogP contribution >= 0.6 is 22.6 Å². The number of hydrogen-bond donors (Lipinski definition) is 5. The van der Waals surface area contributed by atoms with Gasteiger partial charge in [0.25, 0.3) is 5.91 Å². The molecule has 8 nitrogen and oxygen atoms in total. The maximum absolute atomic E-state index is 12.7. The highest BCUT2D eigenvalue weighted by molar-refractivity contribution is 14.1. The second kappa shape index (κ2) is 9.21. The minimum Gasteiger partial charge on any atom is -0.370 e. The number of nitrogens with zero attached hydrogens (tertiary/aromatic N) is 1. The molecular formula is C19H27IN6O2. The number of fused-ring (bicyclic) bond motifs is 1. The molecule has 28 heavy (non-hydrogen) atoms. The molecule has 6 N–H and O–H groups in total. The third-order valence-electron chi connectivity index (χ3n) is 5.05. The average molecular weight is 498 g/mol. The van der Waals surface area contributed by atoms with E-state index in [1.165, 1.54) is 6.20 Å². The van der Waals surface area contributed by atoms with Crippen LogP contribution in [0.4, 0.5) is 5.69 Å². The fourth-order valence-corrected chi connectivity index (χ4v) is 4.47. The molecule has 3 rings (SSSR count). The highest BCUT2D eigenvalue weighted by atomic mass is 127. The third-order valence-corrected chi connectivity index (χ3v) is 5.91. The summed E-state index contributed by atoms with van der Waals surface area (Å²) in [6.45, 7) is 6.02. The molecular weight excluding hydrogens is 471 g/mol. The molecule has 1 saturated heterocycles. The summed E-state index contributed by atoms with van der Waals surface area (Å²) in [5.74, 6) is -0.0636. The minimum atomic E-state index is -0.251. The quantitative estimate of drug-likeness (QED) is 0.221. The molecule has 2 aliphatic heterocycles. The van der Waals surface area contributed by atoms with Crippen molar-refractivity contribution in [2.75, 3.05) is 5.32 Å². The fourth-order valence-electron chi connectivity index (χ4n) is 3.58. The Labute approximate surface area is 178 Å². The molecule has 0 spiro atoms. The van der Waals surface area contributed by atoms with Gasteiger partial charge in [-0.3, -0.25) is 20.2 Å². The topological polar surface area (TPSA) is 112 Å². The van der Waals surface area contributed by atoms with Crippen LogP contribution in [0.3, 0.4) is 0 Å². The van der Waals surface area contributed by atoms with Crippen molar-refractivity contribution in [3.05, 3.63) is 42.1 Å². The van der Waals surface area contributed by atoms with E-state index < -0.39 is 0 Å². The molecule has 4 atom stereocenters. The van der Waals surface area contributed by atoms with Gasteiger partial charge in [0.05, 0.1) is 10.2 Å². The SMILES string of the molecule is C=CNC(=O)CCC(C)N1Cc2cc(NC3CC(I)NC(N)N3)ccc2C1=O. The fraction of sp³-hybridized carbons (Fsp3) is 0.474. The summed E-state index contributed by atoms with van der Waals surface area (Å²) in [7, 11) is 0. The Hall–Kier alpha value is -1.69. The van der Waals surface area contributed by atoms with Crippen LogP contribution in [-0.4, -0.2) is 39.3 Å². The number of benzene rings is 1. The Morgan fingerprint density at radius 3 is 3.00 bits per heavy atom. The summed E-state index contributed by atoms with van der Waals surface area (Å²) < 4.78 is 0.289. The summed E-state index contributed by atoms with van der Waals surface area (Å²) in [6, 6.07) is 5.82. The Morgan fingerprint density at radius 2 is 2.29 bits per heavy atom. The molecule has 9 heteroatoms. The molecule has 2 amide bonds. The van der Waals surface area contributed by atoms with Crippen molar-refractivity contribution in [3.8, 4) is 0 Å². The van der Waals surface area contributed by atoms with Gasteiger partial charge in [-0.15, -0.1) is 0 Å². The lowest BCUT2D eigenvalue weighted by Gasteiger charge is -2.34. The number of nitrogens with two attached hydrogens (primary N) is 1. The molecule has 1 aromatic rings. The largest absolute Gasteiger partial charge is 0.370 e. The number of nitrogens with one attached hydrogen (secondary N) is 4. The van der Waals surface area contributed by atoms with E-state index in [2.05, 4.69) is 50.4 Å². The van der Waals surface area contributed by atoms with Crippen molar-refractivity contribution < 1.29 is 9.59 Å². The van der Waals surface area contributed by atoms with E-state index in [0.717, 1.165) is 23.2 Å². The predicted molar refractivity (Wildman–Crippen MR) is 117 cm³/mol. The molecule has 0 aromatic heterocycles. The Morgan fingerprint density at radius 1 is 1.50 bits per heavy atom. The molecule has 0 aliphatic carbocycles. The van der Waals surface area contributed by atoms with Crippen LogP contribution in [0.2, 0.25) is 0 Å². The van der Waals surface area contributed by atoms with Crippen LogP contribution in [0.25, 0.3) is 0 Å². The summed E-state index contributed by atoms with van der Waals surface area (Å²) >= 11 is 2.33. The van der Waals surface area contributed by atoms with Crippen LogP contribution in [-0.2, 0) is 11.3 Å². The molecule has 4 unspecified atom stereocenters. The number of carbonyl (C=O) groups excluding carboxylic acids is 2. The number of hydrogen-bond acceptors (Lipinski definition) is 6. The third kappa shape index (κ3) is 5.02. The Bertz CT molecular complexity index is 748. The molecule has 0 saturated carbocycles. The van der Waals surface area contributed by atoms with Gasteiger partial charge in [0, 0.05) is 36.7 Å². The van der Waals surface area contributed by atoms with Crippen LogP contribution in [0.1, 0.15) is 42.1 Å². The maximum atomic E-state index is 12.7. The second-order valence-electron chi connectivity index (χ2n) is 7.18. The van der Waals surface area contributed by atoms with Crippen molar-refractivity contribution in [1.29, 1.82) is 0 Å². The van der Waals surface area contributed by atoms with E-state index in [1.807, 2.05) is 30.0 Å². The van der Waals surface area contributed by atoms with Gasteiger partial charge in [0.2, 0.25) is 5.91 Å². The van der Waals surface area contributed by atoms with Crippen LogP contribution in [0, 0.1) is 0 Å². The Kier molecular flexibility index (Phi) is 6.91. The van der Waals surface area contributed by atoms with Crippen LogP contribution < -0.4 is 27.0 Å². The minimum absolute atomic E-state index is 0.0178. The number of amides is 2. The van der Waals surface area contributed by atoms with Crippen molar-refractivity contribution in [2.24, 2.45) is 5.73 Å². The lowest BCUT2D eigenvalue weighted by molar-refractivity contribution is -0.120. The van der Waals surface area contributed by atoms with Gasteiger partial charge in [0.1, 0.15) is 6.29 Å². The van der Waals surface area contributed by atoms with Gasteiger partial charge >= 0.3 is 0 Å². The van der Waals surface area contributed by atoms with Gasteiger partial charge in [-0.05, 0) is 43.3 Å². The van der Waals surface area contributed by atoms with E-state index in [9.17, 15) is 9.59 Å². The lowest BCUT2D eigenvalue weighted by Crippen LogP contribution is -2.62. The molecule has 1 aromatic carbocycles. The second-order valence-corrected chi connectivity index (χ2v) is 8.68. The zero-order valence-electron chi connectivity index (χ0n) is 15.9. The first kappa shape index (κ1) is 21.0. The number of carbonyl (C=O) groups is 2. The number of halogens is 1. The zero-order chi connectivity index (χ0) is 20.3. The van der Waals surface area contributed by atoms with Crippen LogP contribution in [0.5, 0.6) is 0 Å². The summed E-state index contributed by atoms with van der Waals surface area (Å²) in [6.07, 6.45) is 3.05. The molecule has 0 bridgehead atoms. The van der Waals surface area contributed by atoms with Gasteiger partial charge in [-0.2, -0.15) is 0 Å². The normalized spacial score (nSPS) is 25.2. The van der Waals surface area contributed by atoms with Gasteiger partial charge in [0.15, 0.2) is 0 Å². The standard InChI is InChI=1S/C19H27IN6O2/c1-3-22-17(27)7-4-11(2)26-10-12-8-13(5-6-14(12)18(26)28)23-16-9-15(20)24-19(21)25-16/h3,5-6,8,11,15-16,19,23-25H,1,4,7,9-10,21H2,2H3,(H,22,27). The first-order valence-corrected chi connectivity index (χ1v) is 10.6. The summed E-state index contributed by atoms with van der Waals surface area (Å²) in [5, 5.41) is 12.5. The van der Waals surface area contributed by atoms with Gasteiger partial charge in [-0.25, -0.2) is 0 Å². The summed E-state index contributed by atoms with van der Waals surface area (Å²) in [5.41, 5.74) is 8.64. The molecule has 152 valence electrons. The monoisotopic (exact) mass is 498 g/mol. The van der Waals surface area contributed by atoms with E-state index in [1.54, 1.807) is 0 Å². The molecule has 0 radical (unpaired) electrons. The smallest absolute Gasteiger partial charge is 0.254 e. The first-order chi connectivity index (χ1) is 13.4.